The van der Waals surface area contributed by atoms with Crippen molar-refractivity contribution >= 4 is 10.9 Å². The molecule has 0 radical (unpaired) electrons. The van der Waals surface area contributed by atoms with Crippen LogP contribution in [0.3, 0.4) is 0 Å². The van der Waals surface area contributed by atoms with Crippen molar-refractivity contribution in [2.75, 3.05) is 0 Å². The van der Waals surface area contributed by atoms with Crippen LogP contribution >= 0.6 is 0 Å². The molecule has 0 fully saturated rings. The first kappa shape index (κ1) is 18.5. The predicted octanol–water partition coefficient (Wildman–Crippen LogP) is 6.49. The predicted molar refractivity (Wildman–Crippen MR) is 106 cm³/mol. The van der Waals surface area contributed by atoms with Gasteiger partial charge in [0.15, 0.2) is 26.3 Å². The van der Waals surface area contributed by atoms with E-state index in [1.165, 1.54) is 15.9 Å². The van der Waals surface area contributed by atoms with Crippen LogP contribution in [0.5, 0.6) is 5.75 Å². The molecule has 3 rings (SSSR count). The van der Waals surface area contributed by atoms with Crippen molar-refractivity contribution < 1.29 is 9.13 Å². The molecular formula is C23H24FOS+. The second kappa shape index (κ2) is 7.96. The average Bonchev–Trinajstić information content (AvgIpc) is 2.66. The summed E-state index contributed by atoms with van der Waals surface area (Å²) in [6.45, 7) is 6.00. The number of rotatable bonds is 6. The Hall–Kier alpha value is -2.26. The molecule has 3 aromatic carbocycles. The summed E-state index contributed by atoms with van der Waals surface area (Å²) in [6.07, 6.45) is 0.805. The Kier molecular flexibility index (Phi) is 5.67. The van der Waals surface area contributed by atoms with Crippen LogP contribution in [0.1, 0.15) is 27.2 Å². The van der Waals surface area contributed by atoms with Crippen LogP contribution in [-0.4, -0.2) is 5.60 Å². The minimum Gasteiger partial charge on any atom is -0.485 e. The summed E-state index contributed by atoms with van der Waals surface area (Å²) in [5, 5.41) is 0. The molecule has 0 aliphatic rings. The van der Waals surface area contributed by atoms with Gasteiger partial charge < -0.3 is 4.74 Å². The summed E-state index contributed by atoms with van der Waals surface area (Å²) >= 11 is 0. The Bertz CT molecular complexity index is 807. The second-order valence-corrected chi connectivity index (χ2v) is 8.77. The third-order valence-corrected chi connectivity index (χ3v) is 6.55. The van der Waals surface area contributed by atoms with E-state index < -0.39 is 5.60 Å². The lowest BCUT2D eigenvalue weighted by Gasteiger charge is -2.25. The van der Waals surface area contributed by atoms with Gasteiger partial charge in [0.05, 0.1) is 10.9 Å². The molecule has 0 saturated heterocycles. The topological polar surface area (TPSA) is 9.23 Å². The van der Waals surface area contributed by atoms with E-state index in [2.05, 4.69) is 24.3 Å². The molecule has 0 aromatic heterocycles. The highest BCUT2D eigenvalue weighted by molar-refractivity contribution is 7.97. The maximum Gasteiger partial charge on any atom is 0.170 e. The van der Waals surface area contributed by atoms with Crippen molar-refractivity contribution in [3.63, 3.8) is 0 Å². The Morgan fingerprint density at radius 1 is 0.808 bits per heavy atom. The van der Waals surface area contributed by atoms with Crippen LogP contribution in [-0.2, 0) is 10.9 Å². The van der Waals surface area contributed by atoms with Gasteiger partial charge in [0, 0.05) is 6.07 Å². The van der Waals surface area contributed by atoms with Gasteiger partial charge in [0.1, 0.15) is 5.60 Å². The molecule has 0 bridgehead atoms. The van der Waals surface area contributed by atoms with E-state index in [1.54, 1.807) is 0 Å². The minimum atomic E-state index is -0.405. The van der Waals surface area contributed by atoms with Crippen molar-refractivity contribution in [3.05, 3.63) is 84.7 Å². The maximum atomic E-state index is 14.4. The zero-order valence-electron chi connectivity index (χ0n) is 15.4. The quantitative estimate of drug-likeness (QED) is 0.453. The number of ether oxygens (including phenoxy) is 1. The van der Waals surface area contributed by atoms with Gasteiger partial charge in [0.25, 0.3) is 0 Å². The van der Waals surface area contributed by atoms with Gasteiger partial charge in [-0.2, -0.15) is 0 Å². The smallest absolute Gasteiger partial charge is 0.170 e. The zero-order valence-corrected chi connectivity index (χ0v) is 16.2. The van der Waals surface area contributed by atoms with E-state index in [4.69, 9.17) is 4.74 Å². The van der Waals surface area contributed by atoms with E-state index >= 15 is 0 Å². The molecule has 0 N–H and O–H groups in total. The lowest BCUT2D eigenvalue weighted by molar-refractivity contribution is 0.0991. The van der Waals surface area contributed by atoms with Crippen LogP contribution in [0, 0.1) is 5.82 Å². The van der Waals surface area contributed by atoms with E-state index in [1.807, 2.05) is 69.3 Å². The van der Waals surface area contributed by atoms with Crippen molar-refractivity contribution in [2.45, 2.75) is 47.5 Å². The Morgan fingerprint density at radius 3 is 1.85 bits per heavy atom. The van der Waals surface area contributed by atoms with E-state index in [-0.39, 0.29) is 16.7 Å². The second-order valence-electron chi connectivity index (χ2n) is 6.74. The monoisotopic (exact) mass is 367 g/mol. The first-order valence-electron chi connectivity index (χ1n) is 8.83. The van der Waals surface area contributed by atoms with Gasteiger partial charge >= 0.3 is 0 Å². The normalized spacial score (nSPS) is 11.6. The number of halogens is 1. The van der Waals surface area contributed by atoms with Crippen molar-refractivity contribution in [1.29, 1.82) is 0 Å². The van der Waals surface area contributed by atoms with Gasteiger partial charge in [0.2, 0.25) is 0 Å². The van der Waals surface area contributed by atoms with Crippen LogP contribution in [0.4, 0.5) is 4.39 Å². The molecule has 0 heterocycles. The van der Waals surface area contributed by atoms with Gasteiger partial charge in [-0.1, -0.05) is 43.3 Å². The standard InChI is InChI=1S/C23H24FOS/c1-4-23(2,3)25-22-17-20(15-16-21(22)24)26(18-11-7-5-8-12-18)19-13-9-6-10-14-19/h5-17H,4H2,1-3H3/q+1. The minimum absolute atomic E-state index is 0.310. The van der Waals surface area contributed by atoms with Crippen LogP contribution in [0.25, 0.3) is 0 Å². The van der Waals surface area contributed by atoms with E-state index in [9.17, 15) is 4.39 Å². The molecule has 0 aliphatic heterocycles. The van der Waals surface area contributed by atoms with Crippen LogP contribution in [0.2, 0.25) is 0 Å². The molecule has 0 saturated carbocycles. The fraction of sp³-hybridized carbons (Fsp3) is 0.217. The first-order chi connectivity index (χ1) is 12.5. The SMILES string of the molecule is CCC(C)(C)Oc1cc([S+](c2ccccc2)c2ccccc2)ccc1F. The summed E-state index contributed by atoms with van der Waals surface area (Å²) in [5.74, 6) is -0.00124. The summed E-state index contributed by atoms with van der Waals surface area (Å²) in [7, 11) is -0.310. The summed E-state index contributed by atoms with van der Waals surface area (Å²) in [6, 6.07) is 25.9. The average molecular weight is 368 g/mol. The van der Waals surface area contributed by atoms with Crippen LogP contribution < -0.4 is 4.74 Å². The van der Waals surface area contributed by atoms with Crippen molar-refractivity contribution in [1.82, 2.24) is 0 Å². The van der Waals surface area contributed by atoms with Gasteiger partial charge in [-0.3, -0.25) is 0 Å². The third kappa shape index (κ3) is 4.28. The van der Waals surface area contributed by atoms with Gasteiger partial charge in [-0.05, 0) is 56.7 Å². The van der Waals surface area contributed by atoms with Gasteiger partial charge in [-0.25, -0.2) is 4.39 Å². The third-order valence-electron chi connectivity index (χ3n) is 4.33. The Morgan fingerprint density at radius 2 is 1.35 bits per heavy atom. The maximum absolute atomic E-state index is 14.4. The molecular weight excluding hydrogens is 343 g/mol. The molecule has 1 nitrogen and oxygen atoms in total. The molecule has 0 spiro atoms. The first-order valence-corrected chi connectivity index (χ1v) is 10.1. The molecule has 134 valence electrons. The Balaban J connectivity index is 2.08. The van der Waals surface area contributed by atoms with Crippen LogP contribution in [0.15, 0.2) is 93.5 Å². The molecule has 0 atom stereocenters. The number of benzene rings is 3. The fourth-order valence-electron chi connectivity index (χ4n) is 2.58. The summed E-state index contributed by atoms with van der Waals surface area (Å²) < 4.78 is 20.4. The molecule has 0 unspecified atom stereocenters. The highest BCUT2D eigenvalue weighted by Crippen LogP contribution is 2.34. The number of hydrogen-bond acceptors (Lipinski definition) is 1. The Labute approximate surface area is 158 Å². The zero-order chi connectivity index (χ0) is 18.6. The summed E-state index contributed by atoms with van der Waals surface area (Å²) in [5.41, 5.74) is -0.405. The van der Waals surface area contributed by atoms with Crippen molar-refractivity contribution in [3.8, 4) is 5.75 Å². The molecule has 26 heavy (non-hydrogen) atoms. The lowest BCUT2D eigenvalue weighted by Crippen LogP contribution is -2.27. The van der Waals surface area contributed by atoms with E-state index in [0.717, 1.165) is 11.3 Å². The van der Waals surface area contributed by atoms with Crippen molar-refractivity contribution in [2.24, 2.45) is 0 Å². The highest BCUT2D eigenvalue weighted by atomic mass is 32.2. The molecule has 0 aliphatic carbocycles. The number of hydrogen-bond donors (Lipinski definition) is 0. The lowest BCUT2D eigenvalue weighted by atomic mass is 10.1. The molecule has 0 amide bonds. The fourth-order valence-corrected chi connectivity index (χ4v) is 4.68. The largest absolute Gasteiger partial charge is 0.485 e. The molecule has 3 heteroatoms. The summed E-state index contributed by atoms with van der Waals surface area (Å²) in [4.78, 5) is 3.45. The highest BCUT2D eigenvalue weighted by Gasteiger charge is 2.30. The molecule has 3 aromatic rings. The van der Waals surface area contributed by atoms with E-state index in [0.29, 0.717) is 5.75 Å². The van der Waals surface area contributed by atoms with Gasteiger partial charge in [-0.15, -0.1) is 0 Å².